The lowest BCUT2D eigenvalue weighted by Crippen LogP contribution is -2.28. The van der Waals surface area contributed by atoms with Crippen molar-refractivity contribution >= 4 is 57.3 Å². The summed E-state index contributed by atoms with van der Waals surface area (Å²) in [7, 11) is 0. The van der Waals surface area contributed by atoms with E-state index < -0.39 is 5.66 Å². The van der Waals surface area contributed by atoms with Gasteiger partial charge in [-0.3, -0.25) is 9.79 Å². The molecular weight excluding hydrogens is 456 g/mol. The number of rotatable bonds is 4. The van der Waals surface area contributed by atoms with E-state index in [4.69, 9.17) is 33.2 Å². The Balaban J connectivity index is 1.53. The molecule has 1 amide bonds. The van der Waals surface area contributed by atoms with E-state index in [0.717, 1.165) is 37.0 Å². The Labute approximate surface area is 195 Å². The van der Waals surface area contributed by atoms with Crippen molar-refractivity contribution in [2.75, 3.05) is 11.1 Å². The van der Waals surface area contributed by atoms with Gasteiger partial charge in [-0.05, 0) is 74.1 Å². The van der Waals surface area contributed by atoms with Gasteiger partial charge in [-0.15, -0.1) is 0 Å². The van der Waals surface area contributed by atoms with E-state index in [9.17, 15) is 9.18 Å². The molecule has 2 aromatic carbocycles. The third-order valence-electron chi connectivity index (χ3n) is 5.56. The zero-order valence-corrected chi connectivity index (χ0v) is 19.3. The topological polar surface area (TPSA) is 53.8 Å². The Morgan fingerprint density at radius 2 is 1.87 bits per heavy atom. The first-order valence-electron chi connectivity index (χ1n) is 10.2. The van der Waals surface area contributed by atoms with Gasteiger partial charge in [-0.1, -0.05) is 41.9 Å². The summed E-state index contributed by atoms with van der Waals surface area (Å²) in [6, 6.07) is 11.0. The minimum atomic E-state index is -0.472. The van der Waals surface area contributed by atoms with Gasteiger partial charge in [0.1, 0.15) is 16.6 Å². The highest BCUT2D eigenvalue weighted by Crippen LogP contribution is 2.41. The lowest BCUT2D eigenvalue weighted by Gasteiger charge is -2.30. The molecule has 1 N–H and O–H groups in total. The standard InChI is InChI=1S/C23H22Cl2FN3OS/c1-14-8-10-23(11-9-14)28-21(18-7-2-15(24)12-19(18)25)22(29-23)31-13-20(30)27-17-5-3-16(26)4-6-17/h2-7,12,14H,8-11,13H2,1H3,(H,27,30). The van der Waals surface area contributed by atoms with Crippen molar-refractivity contribution in [2.45, 2.75) is 38.3 Å². The lowest BCUT2D eigenvalue weighted by molar-refractivity contribution is -0.113. The van der Waals surface area contributed by atoms with Crippen LogP contribution in [-0.2, 0) is 4.79 Å². The molecule has 0 aromatic heterocycles. The molecule has 1 aliphatic carbocycles. The summed E-state index contributed by atoms with van der Waals surface area (Å²) >= 11 is 13.9. The van der Waals surface area contributed by atoms with Crippen LogP contribution in [0.3, 0.4) is 0 Å². The van der Waals surface area contributed by atoms with Crippen LogP contribution < -0.4 is 5.32 Å². The SMILES string of the molecule is CC1CCC2(CC1)N=C(SCC(=O)Nc1ccc(F)cc1)C(c1ccc(Cl)cc1Cl)=N2. The summed E-state index contributed by atoms with van der Waals surface area (Å²) in [6.45, 7) is 2.25. The molecule has 1 aliphatic heterocycles. The average molecular weight is 478 g/mol. The van der Waals surface area contributed by atoms with Crippen molar-refractivity contribution < 1.29 is 9.18 Å². The van der Waals surface area contributed by atoms with Crippen LogP contribution in [0.1, 0.15) is 38.2 Å². The van der Waals surface area contributed by atoms with E-state index >= 15 is 0 Å². The van der Waals surface area contributed by atoms with Gasteiger partial charge in [0, 0.05) is 16.3 Å². The van der Waals surface area contributed by atoms with Crippen molar-refractivity contribution in [1.82, 2.24) is 0 Å². The summed E-state index contributed by atoms with van der Waals surface area (Å²) < 4.78 is 13.1. The first-order valence-corrected chi connectivity index (χ1v) is 11.9. The second-order valence-corrected chi connectivity index (χ2v) is 9.82. The number of nitrogens with one attached hydrogen (secondary N) is 1. The fraction of sp³-hybridized carbons (Fsp3) is 0.348. The fourth-order valence-electron chi connectivity index (χ4n) is 3.79. The van der Waals surface area contributed by atoms with E-state index in [1.54, 1.807) is 12.1 Å². The Morgan fingerprint density at radius 1 is 1.16 bits per heavy atom. The van der Waals surface area contributed by atoms with Crippen LogP contribution in [0.4, 0.5) is 10.1 Å². The summed E-state index contributed by atoms with van der Waals surface area (Å²) in [5.74, 6) is 0.281. The molecule has 1 saturated carbocycles. The molecule has 1 fully saturated rings. The molecule has 0 radical (unpaired) electrons. The smallest absolute Gasteiger partial charge is 0.234 e. The molecule has 1 heterocycles. The molecule has 1 spiro atoms. The van der Waals surface area contributed by atoms with Crippen molar-refractivity contribution in [3.8, 4) is 0 Å². The Bertz CT molecular complexity index is 1050. The van der Waals surface area contributed by atoms with Gasteiger partial charge in [0.25, 0.3) is 0 Å². The molecule has 0 bridgehead atoms. The highest BCUT2D eigenvalue weighted by atomic mass is 35.5. The lowest BCUT2D eigenvalue weighted by atomic mass is 9.83. The number of amides is 1. The van der Waals surface area contributed by atoms with Gasteiger partial charge < -0.3 is 5.32 Å². The predicted octanol–water partition coefficient (Wildman–Crippen LogP) is 6.61. The van der Waals surface area contributed by atoms with Crippen LogP contribution >= 0.6 is 35.0 Å². The van der Waals surface area contributed by atoms with Crippen LogP contribution in [0.2, 0.25) is 10.0 Å². The number of thioether (sulfide) groups is 1. The fourth-order valence-corrected chi connectivity index (χ4v) is 5.16. The number of benzene rings is 2. The second kappa shape index (κ2) is 9.31. The van der Waals surface area contributed by atoms with Crippen LogP contribution in [-0.4, -0.2) is 28.1 Å². The molecule has 0 atom stereocenters. The molecule has 0 unspecified atom stereocenters. The van der Waals surface area contributed by atoms with Gasteiger partial charge >= 0.3 is 0 Å². The number of carbonyl (C=O) groups is 1. The molecule has 162 valence electrons. The second-order valence-electron chi connectivity index (χ2n) is 8.01. The molecule has 31 heavy (non-hydrogen) atoms. The van der Waals surface area contributed by atoms with Crippen LogP contribution in [0, 0.1) is 11.7 Å². The Morgan fingerprint density at radius 3 is 2.55 bits per heavy atom. The number of halogens is 3. The zero-order valence-electron chi connectivity index (χ0n) is 17.0. The molecule has 2 aromatic rings. The number of anilines is 1. The minimum absolute atomic E-state index is 0.160. The number of hydrogen-bond acceptors (Lipinski definition) is 4. The molecule has 2 aliphatic rings. The maximum atomic E-state index is 13.1. The summed E-state index contributed by atoms with van der Waals surface area (Å²) in [4.78, 5) is 22.5. The zero-order chi connectivity index (χ0) is 22.0. The average Bonchev–Trinajstić information content (AvgIpc) is 3.09. The Kier molecular flexibility index (Phi) is 6.70. The molecule has 4 nitrogen and oxygen atoms in total. The third kappa shape index (κ3) is 5.30. The van der Waals surface area contributed by atoms with Crippen LogP contribution in [0.5, 0.6) is 0 Å². The molecule has 4 rings (SSSR count). The summed E-state index contributed by atoms with van der Waals surface area (Å²) in [5.41, 5.74) is 1.57. The first kappa shape index (κ1) is 22.3. The highest BCUT2D eigenvalue weighted by Gasteiger charge is 2.39. The number of aliphatic imine (C=N–C) groups is 2. The van der Waals surface area contributed by atoms with Gasteiger partial charge in [-0.2, -0.15) is 0 Å². The van der Waals surface area contributed by atoms with E-state index in [1.165, 1.54) is 36.0 Å². The maximum Gasteiger partial charge on any atom is 0.234 e. The van der Waals surface area contributed by atoms with Gasteiger partial charge in [0.2, 0.25) is 5.91 Å². The number of nitrogens with zero attached hydrogens (tertiary/aromatic N) is 2. The number of hydrogen-bond donors (Lipinski definition) is 1. The van der Waals surface area contributed by atoms with Gasteiger partial charge in [0.15, 0.2) is 5.66 Å². The maximum absolute atomic E-state index is 13.1. The molecular formula is C23H22Cl2FN3OS. The van der Waals surface area contributed by atoms with E-state index in [0.29, 0.717) is 26.7 Å². The van der Waals surface area contributed by atoms with Crippen molar-refractivity contribution in [1.29, 1.82) is 0 Å². The minimum Gasteiger partial charge on any atom is -0.325 e. The van der Waals surface area contributed by atoms with Crippen LogP contribution in [0.25, 0.3) is 0 Å². The van der Waals surface area contributed by atoms with Crippen LogP contribution in [0.15, 0.2) is 52.4 Å². The van der Waals surface area contributed by atoms with E-state index in [1.807, 2.05) is 6.07 Å². The number of carbonyl (C=O) groups excluding carboxylic acids is 1. The summed E-state index contributed by atoms with van der Waals surface area (Å²) in [6.07, 6.45) is 3.90. The largest absolute Gasteiger partial charge is 0.325 e. The Hall–Kier alpha value is -1.89. The normalized spacial score (nSPS) is 22.9. The van der Waals surface area contributed by atoms with Crippen molar-refractivity contribution in [2.24, 2.45) is 15.9 Å². The monoisotopic (exact) mass is 477 g/mol. The molecule has 8 heteroatoms. The van der Waals surface area contributed by atoms with E-state index in [-0.39, 0.29) is 17.5 Å². The quantitative estimate of drug-likeness (QED) is 0.538. The molecule has 0 saturated heterocycles. The predicted molar refractivity (Wildman–Crippen MR) is 128 cm³/mol. The third-order valence-corrected chi connectivity index (χ3v) is 7.07. The van der Waals surface area contributed by atoms with Crippen molar-refractivity contribution in [3.05, 3.63) is 63.9 Å². The van der Waals surface area contributed by atoms with Gasteiger partial charge in [0.05, 0.1) is 10.8 Å². The summed E-state index contributed by atoms with van der Waals surface area (Å²) in [5, 5.41) is 4.56. The van der Waals surface area contributed by atoms with Crippen molar-refractivity contribution in [3.63, 3.8) is 0 Å². The van der Waals surface area contributed by atoms with Gasteiger partial charge in [-0.25, -0.2) is 9.38 Å². The first-order chi connectivity index (χ1) is 14.8. The van der Waals surface area contributed by atoms with E-state index in [2.05, 4.69) is 12.2 Å². The highest BCUT2D eigenvalue weighted by molar-refractivity contribution is 8.16.